The number of hydrogen-bond donors (Lipinski definition) is 7. The lowest BCUT2D eigenvalue weighted by Crippen LogP contribution is -2.31. The molecule has 17 heteroatoms. The van der Waals surface area contributed by atoms with Crippen LogP contribution in [0.1, 0.15) is 67.2 Å². The van der Waals surface area contributed by atoms with Crippen LogP contribution in [-0.2, 0) is 9.47 Å². The summed E-state index contributed by atoms with van der Waals surface area (Å²) in [7, 11) is 0. The second-order valence-electron chi connectivity index (χ2n) is 14.0. The quantitative estimate of drug-likeness (QED) is 0.0926. The molecule has 4 heterocycles. The molecule has 0 unspecified atom stereocenters. The molecule has 8 rings (SSSR count). The zero-order valence-corrected chi connectivity index (χ0v) is 32.7. The Morgan fingerprint density at radius 1 is 0.689 bits per heavy atom. The predicted molar refractivity (Wildman–Crippen MR) is 222 cm³/mol. The predicted octanol–water partition coefficient (Wildman–Crippen LogP) is 4.80. The van der Waals surface area contributed by atoms with Gasteiger partial charge in [-0.25, -0.2) is 33.5 Å². The number of aliphatic hydroxyl groups excluding tert-OH is 2. The second kappa shape index (κ2) is 20.5. The van der Waals surface area contributed by atoms with Crippen LogP contribution in [0.5, 0.6) is 0 Å². The summed E-state index contributed by atoms with van der Waals surface area (Å²) in [4.78, 5) is 40.5. The fourth-order valence-corrected chi connectivity index (χ4v) is 6.10. The summed E-state index contributed by atoms with van der Waals surface area (Å²) < 4.78 is 38.8. The molecule has 0 spiro atoms. The molecule has 61 heavy (non-hydrogen) atoms. The van der Waals surface area contributed by atoms with Gasteiger partial charge in [0.1, 0.15) is 34.7 Å². The van der Waals surface area contributed by atoms with Crippen molar-refractivity contribution in [2.24, 2.45) is 5.73 Å². The van der Waals surface area contributed by atoms with Crippen molar-refractivity contribution < 1.29 is 43.2 Å². The van der Waals surface area contributed by atoms with E-state index >= 15 is 0 Å². The van der Waals surface area contributed by atoms with Crippen LogP contribution in [0, 0.1) is 11.6 Å². The van der Waals surface area contributed by atoms with Crippen molar-refractivity contribution in [1.29, 1.82) is 0 Å². The van der Waals surface area contributed by atoms with E-state index in [0.29, 0.717) is 48.9 Å². The summed E-state index contributed by atoms with van der Waals surface area (Å²) in [6.45, 7) is 1.98. The first-order valence-electron chi connectivity index (χ1n) is 19.1. The van der Waals surface area contributed by atoms with Gasteiger partial charge in [-0.3, -0.25) is 4.79 Å². The molecule has 1 amide bonds. The monoisotopic (exact) mass is 834 g/mol. The standard InChI is InChI=1S/C22H21FN4O3.C14H12FN3O3.C8H11NO/c23-17-8-14(20-21(24)25-9-18(26-20)15-11-30-12-15)6-7-16(17)22(29)27-19(10-28)13-4-2-1-3-5-13;15-10-3-7(1-2-9(10)14(19)20)12-13(16)17-4-11(18-12)8-5-21-6-8;9-8(6-10)7-4-2-1-3-5-7/h1-9,15,19,28H,10-12H2,(H2,24,25)(H,27,29);1-4,8H,5-6H2,(H2,16,17)(H,19,20);1-5,8,10H,6,9H2/t19-;;8-/m1.1/s1. The minimum absolute atomic E-state index is 0.00398. The SMILES string of the molecule is N[C@H](CO)c1ccccc1.Nc1ncc(C2COC2)nc1-c1ccc(C(=O)N[C@H](CO)c2ccccc2)c(F)c1.Nc1ncc(C2COC2)nc1-c1ccc(C(=O)O)c(F)c1. The van der Waals surface area contributed by atoms with E-state index < -0.39 is 35.1 Å². The maximum absolute atomic E-state index is 14.8. The normalized spacial score (nSPS) is 14.4. The fourth-order valence-electron chi connectivity index (χ4n) is 6.10. The summed E-state index contributed by atoms with van der Waals surface area (Å²) in [6, 6.07) is 25.6. The summed E-state index contributed by atoms with van der Waals surface area (Å²) in [5, 5.41) is 29.8. The van der Waals surface area contributed by atoms with Crippen LogP contribution in [0.25, 0.3) is 22.5 Å². The topological polar surface area (TPSA) is 255 Å². The smallest absolute Gasteiger partial charge is 0.338 e. The summed E-state index contributed by atoms with van der Waals surface area (Å²) in [5.74, 6) is -2.83. The average Bonchev–Trinajstić information content (AvgIpc) is 3.23. The molecule has 2 aromatic heterocycles. The third kappa shape index (κ3) is 10.9. The number of nitrogens with zero attached hydrogens (tertiary/aromatic N) is 4. The number of aliphatic hydroxyl groups is 2. The van der Waals surface area contributed by atoms with Gasteiger partial charge >= 0.3 is 5.97 Å². The number of hydrogen-bond acceptors (Lipinski definition) is 13. The largest absolute Gasteiger partial charge is 0.478 e. The first kappa shape index (κ1) is 43.8. The summed E-state index contributed by atoms with van der Waals surface area (Å²) in [6.07, 6.45) is 3.18. The number of nitrogens with one attached hydrogen (secondary N) is 1. The Kier molecular flexibility index (Phi) is 14.7. The highest BCUT2D eigenvalue weighted by Crippen LogP contribution is 2.30. The molecule has 0 bridgehead atoms. The molecule has 15 nitrogen and oxygen atoms in total. The highest BCUT2D eigenvalue weighted by Gasteiger charge is 2.26. The minimum Gasteiger partial charge on any atom is -0.478 e. The number of benzene rings is 4. The van der Waals surface area contributed by atoms with Crippen LogP contribution in [0.15, 0.2) is 109 Å². The zero-order valence-electron chi connectivity index (χ0n) is 32.7. The molecule has 2 aliphatic rings. The Labute approximate surface area is 349 Å². The number of aromatic nitrogens is 4. The lowest BCUT2D eigenvalue weighted by molar-refractivity contribution is 0.00656. The third-order valence-corrected chi connectivity index (χ3v) is 9.83. The van der Waals surface area contributed by atoms with E-state index in [0.717, 1.165) is 28.6 Å². The summed E-state index contributed by atoms with van der Waals surface area (Å²) >= 11 is 0. The number of aromatic carboxylic acids is 1. The van der Waals surface area contributed by atoms with Crippen molar-refractivity contribution in [3.63, 3.8) is 0 Å². The molecule has 10 N–H and O–H groups in total. The maximum atomic E-state index is 14.8. The molecule has 2 fully saturated rings. The molecular weight excluding hydrogens is 791 g/mol. The lowest BCUT2D eigenvalue weighted by Gasteiger charge is -2.25. The number of amides is 1. The molecule has 2 atom stereocenters. The van der Waals surface area contributed by atoms with Crippen molar-refractivity contribution in [3.8, 4) is 22.5 Å². The Bertz CT molecular complexity index is 2440. The van der Waals surface area contributed by atoms with Crippen LogP contribution in [0.4, 0.5) is 20.4 Å². The van der Waals surface area contributed by atoms with Gasteiger partial charge < -0.3 is 47.3 Å². The van der Waals surface area contributed by atoms with E-state index in [4.69, 9.17) is 36.9 Å². The number of carbonyl (C=O) groups is 2. The molecule has 0 aliphatic carbocycles. The van der Waals surface area contributed by atoms with Gasteiger partial charge in [-0.15, -0.1) is 0 Å². The Morgan fingerprint density at radius 3 is 1.54 bits per heavy atom. The second-order valence-corrected chi connectivity index (χ2v) is 14.0. The van der Waals surface area contributed by atoms with Gasteiger partial charge in [0.25, 0.3) is 5.91 Å². The molecule has 0 saturated carbocycles. The van der Waals surface area contributed by atoms with Crippen LogP contribution in [0.2, 0.25) is 0 Å². The number of carbonyl (C=O) groups excluding carboxylic acids is 1. The van der Waals surface area contributed by atoms with Crippen LogP contribution < -0.4 is 22.5 Å². The van der Waals surface area contributed by atoms with E-state index in [9.17, 15) is 23.5 Å². The highest BCUT2D eigenvalue weighted by atomic mass is 19.1. The number of nitrogen functional groups attached to an aromatic ring is 2. The molecule has 2 saturated heterocycles. The van der Waals surface area contributed by atoms with Crippen molar-refractivity contribution in [2.75, 3.05) is 51.1 Å². The number of halogens is 2. The van der Waals surface area contributed by atoms with E-state index in [2.05, 4.69) is 25.3 Å². The number of ether oxygens (including phenoxy) is 2. The lowest BCUT2D eigenvalue weighted by atomic mass is 10.0. The van der Waals surface area contributed by atoms with Crippen molar-refractivity contribution in [2.45, 2.75) is 23.9 Å². The number of carboxylic acids is 1. The minimum atomic E-state index is -1.32. The third-order valence-electron chi connectivity index (χ3n) is 9.83. The summed E-state index contributed by atoms with van der Waals surface area (Å²) in [5.41, 5.74) is 21.4. The Balaban J connectivity index is 0.000000173. The van der Waals surface area contributed by atoms with Gasteiger partial charge in [0.2, 0.25) is 0 Å². The fraction of sp³-hybridized carbons (Fsp3) is 0.227. The number of anilines is 2. The first-order chi connectivity index (χ1) is 29.5. The van der Waals surface area contributed by atoms with E-state index in [1.54, 1.807) is 42.7 Å². The molecule has 316 valence electrons. The molecule has 6 aromatic rings. The molecule has 2 aliphatic heterocycles. The van der Waals surface area contributed by atoms with Gasteiger partial charge in [0, 0.05) is 23.0 Å². The number of carboxylic acid groups (broad SMARTS) is 1. The van der Waals surface area contributed by atoms with E-state index in [1.807, 2.05) is 36.4 Å². The van der Waals surface area contributed by atoms with Crippen molar-refractivity contribution >= 4 is 23.5 Å². The number of rotatable bonds is 11. The maximum Gasteiger partial charge on any atom is 0.338 e. The van der Waals surface area contributed by atoms with Crippen LogP contribution in [-0.4, -0.2) is 86.8 Å². The van der Waals surface area contributed by atoms with Gasteiger partial charge in [0.05, 0.1) is 86.6 Å². The van der Waals surface area contributed by atoms with E-state index in [-0.39, 0.29) is 48.3 Å². The average molecular weight is 835 g/mol. The Morgan fingerprint density at radius 2 is 1.15 bits per heavy atom. The zero-order chi connectivity index (χ0) is 43.5. The molecule has 0 radical (unpaired) electrons. The number of nitrogens with two attached hydrogens (primary N) is 3. The van der Waals surface area contributed by atoms with Gasteiger partial charge in [-0.1, -0.05) is 72.8 Å². The van der Waals surface area contributed by atoms with Crippen LogP contribution >= 0.6 is 0 Å². The van der Waals surface area contributed by atoms with Gasteiger partial charge in [-0.2, -0.15) is 0 Å². The van der Waals surface area contributed by atoms with E-state index in [1.165, 1.54) is 24.3 Å². The van der Waals surface area contributed by atoms with Crippen molar-refractivity contribution in [1.82, 2.24) is 25.3 Å². The van der Waals surface area contributed by atoms with Gasteiger partial charge in [0.15, 0.2) is 0 Å². The first-order valence-corrected chi connectivity index (χ1v) is 19.1. The molecular formula is C44H44F2N8O7. The van der Waals surface area contributed by atoms with Gasteiger partial charge in [-0.05, 0) is 35.4 Å². The Hall–Kier alpha value is -6.76. The molecule has 4 aromatic carbocycles. The van der Waals surface area contributed by atoms with Crippen molar-refractivity contribution in [3.05, 3.63) is 155 Å². The highest BCUT2D eigenvalue weighted by molar-refractivity contribution is 5.95. The van der Waals surface area contributed by atoms with Crippen LogP contribution in [0.3, 0.4) is 0 Å².